The molecule has 1 aliphatic heterocycles. The molecule has 8 nitrogen and oxygen atoms in total. The molecule has 0 bridgehead atoms. The average molecular weight is 345 g/mol. The van der Waals surface area contributed by atoms with Gasteiger partial charge in [0.2, 0.25) is 5.91 Å². The number of carbonyl (C=O) groups excluding carboxylic acids is 2. The molecule has 25 heavy (non-hydrogen) atoms. The number of rotatable bonds is 5. The molecule has 134 valence electrons. The number of nitrogens with zero attached hydrogens (tertiary/aromatic N) is 4. The van der Waals surface area contributed by atoms with E-state index in [4.69, 9.17) is 4.74 Å². The van der Waals surface area contributed by atoms with Crippen molar-refractivity contribution in [3.63, 3.8) is 0 Å². The van der Waals surface area contributed by atoms with Gasteiger partial charge in [0.05, 0.1) is 18.0 Å². The van der Waals surface area contributed by atoms with Crippen molar-refractivity contribution in [3.8, 4) is 0 Å². The van der Waals surface area contributed by atoms with Crippen LogP contribution in [0.3, 0.4) is 0 Å². The molecule has 1 aliphatic rings. The third kappa shape index (κ3) is 3.16. The Morgan fingerprint density at radius 3 is 2.72 bits per heavy atom. The van der Waals surface area contributed by atoms with Crippen molar-refractivity contribution in [2.45, 2.75) is 53.1 Å². The van der Waals surface area contributed by atoms with Gasteiger partial charge in [0, 0.05) is 36.2 Å². The van der Waals surface area contributed by atoms with Crippen molar-refractivity contribution in [2.75, 3.05) is 11.9 Å². The molecule has 0 spiro atoms. The maximum Gasteiger partial charge on any atom is 0.327 e. The molecule has 2 aromatic heterocycles. The van der Waals surface area contributed by atoms with Crippen LogP contribution in [0.15, 0.2) is 6.20 Å². The SMILES string of the molecule is CCOC(=O)Cn1nc(C)c2c1NC(=O)C[C@H]2c1cn(CC)nc1C. The Bertz CT molecular complexity index is 821. The summed E-state index contributed by atoms with van der Waals surface area (Å²) in [7, 11) is 0. The van der Waals surface area contributed by atoms with Gasteiger partial charge in [-0.25, -0.2) is 4.68 Å². The van der Waals surface area contributed by atoms with Crippen molar-refractivity contribution in [2.24, 2.45) is 0 Å². The summed E-state index contributed by atoms with van der Waals surface area (Å²) in [6.45, 7) is 8.69. The molecule has 2 aromatic rings. The van der Waals surface area contributed by atoms with Crippen LogP contribution in [-0.2, 0) is 27.4 Å². The van der Waals surface area contributed by atoms with Crippen LogP contribution in [0.25, 0.3) is 0 Å². The second kappa shape index (κ2) is 6.70. The standard InChI is InChI=1S/C17H23N5O3/c1-5-21-8-13(10(3)19-21)12-7-14(23)18-17-16(12)11(4)20-22(17)9-15(24)25-6-2/h8,12H,5-7,9H2,1-4H3,(H,18,23)/t12-/m0/s1. The van der Waals surface area contributed by atoms with E-state index >= 15 is 0 Å². The van der Waals surface area contributed by atoms with Gasteiger partial charge in [-0.2, -0.15) is 10.2 Å². The predicted octanol–water partition coefficient (Wildman–Crippen LogP) is 1.75. The second-order valence-electron chi connectivity index (χ2n) is 6.14. The first kappa shape index (κ1) is 17.2. The molecule has 3 heterocycles. The molecule has 0 radical (unpaired) electrons. The van der Waals surface area contributed by atoms with Gasteiger partial charge in [0.25, 0.3) is 0 Å². The normalized spacial score (nSPS) is 16.5. The van der Waals surface area contributed by atoms with Crippen molar-refractivity contribution in [1.82, 2.24) is 19.6 Å². The van der Waals surface area contributed by atoms with E-state index in [9.17, 15) is 9.59 Å². The average Bonchev–Trinajstić information content (AvgIpc) is 3.07. The summed E-state index contributed by atoms with van der Waals surface area (Å²) < 4.78 is 8.39. The number of nitrogens with one attached hydrogen (secondary N) is 1. The molecule has 0 unspecified atom stereocenters. The van der Waals surface area contributed by atoms with Gasteiger partial charge in [-0.1, -0.05) is 0 Å². The highest BCUT2D eigenvalue weighted by Crippen LogP contribution is 2.40. The summed E-state index contributed by atoms with van der Waals surface area (Å²) in [6, 6.07) is 0. The van der Waals surface area contributed by atoms with Gasteiger partial charge in [0.15, 0.2) is 0 Å². The van der Waals surface area contributed by atoms with Gasteiger partial charge < -0.3 is 10.1 Å². The minimum atomic E-state index is -0.376. The van der Waals surface area contributed by atoms with Crippen molar-refractivity contribution in [3.05, 3.63) is 28.7 Å². The highest BCUT2D eigenvalue weighted by molar-refractivity contribution is 5.95. The van der Waals surface area contributed by atoms with Crippen molar-refractivity contribution in [1.29, 1.82) is 0 Å². The Balaban J connectivity index is 2.03. The van der Waals surface area contributed by atoms with E-state index in [1.54, 1.807) is 6.92 Å². The number of hydrogen-bond acceptors (Lipinski definition) is 5. The zero-order valence-corrected chi connectivity index (χ0v) is 15.0. The van der Waals surface area contributed by atoms with Crippen LogP contribution in [0.5, 0.6) is 0 Å². The van der Waals surface area contributed by atoms with Crippen molar-refractivity contribution < 1.29 is 14.3 Å². The van der Waals surface area contributed by atoms with Gasteiger partial charge in [-0.3, -0.25) is 14.3 Å². The Hall–Kier alpha value is -2.64. The monoisotopic (exact) mass is 345 g/mol. The first-order valence-electron chi connectivity index (χ1n) is 8.51. The van der Waals surface area contributed by atoms with E-state index in [1.165, 1.54) is 4.68 Å². The number of anilines is 1. The molecular formula is C17H23N5O3. The Morgan fingerprint density at radius 2 is 2.08 bits per heavy atom. The molecule has 0 fully saturated rings. The van der Waals surface area contributed by atoms with E-state index < -0.39 is 0 Å². The number of aromatic nitrogens is 4. The molecule has 1 amide bonds. The summed E-state index contributed by atoms with van der Waals surface area (Å²) in [5, 5.41) is 11.8. The molecule has 0 aromatic carbocycles. The quantitative estimate of drug-likeness (QED) is 0.834. The molecule has 0 aliphatic carbocycles. The Kier molecular flexibility index (Phi) is 4.61. The third-order valence-corrected chi connectivity index (χ3v) is 4.44. The van der Waals surface area contributed by atoms with Gasteiger partial charge in [0.1, 0.15) is 12.4 Å². The van der Waals surface area contributed by atoms with Crippen LogP contribution in [0.2, 0.25) is 0 Å². The van der Waals surface area contributed by atoms with Crippen molar-refractivity contribution >= 4 is 17.7 Å². The number of esters is 1. The highest BCUT2D eigenvalue weighted by atomic mass is 16.5. The first-order valence-corrected chi connectivity index (χ1v) is 8.51. The number of fused-ring (bicyclic) bond motifs is 1. The zero-order chi connectivity index (χ0) is 18.1. The van der Waals surface area contributed by atoms with E-state index in [0.29, 0.717) is 18.8 Å². The maximum atomic E-state index is 12.3. The molecule has 0 saturated carbocycles. The van der Waals surface area contributed by atoms with Gasteiger partial charge >= 0.3 is 5.97 Å². The topological polar surface area (TPSA) is 91.0 Å². The molecule has 3 rings (SSSR count). The predicted molar refractivity (Wildman–Crippen MR) is 91.3 cm³/mol. The van der Waals surface area contributed by atoms with Crippen LogP contribution in [0.4, 0.5) is 5.82 Å². The number of ether oxygens (including phenoxy) is 1. The largest absolute Gasteiger partial charge is 0.465 e. The summed E-state index contributed by atoms with van der Waals surface area (Å²) in [6.07, 6.45) is 2.33. The highest BCUT2D eigenvalue weighted by Gasteiger charge is 2.34. The summed E-state index contributed by atoms with van der Waals surface area (Å²) in [5.74, 6) is 0.000704. The maximum absolute atomic E-state index is 12.3. The fourth-order valence-electron chi connectivity index (χ4n) is 3.36. The van der Waals surface area contributed by atoms with E-state index in [-0.39, 0.29) is 24.3 Å². The fourth-order valence-corrected chi connectivity index (χ4v) is 3.36. The summed E-state index contributed by atoms with van der Waals surface area (Å²) >= 11 is 0. The lowest BCUT2D eigenvalue weighted by Gasteiger charge is -2.23. The molecule has 0 saturated heterocycles. The summed E-state index contributed by atoms with van der Waals surface area (Å²) in [5.41, 5.74) is 3.68. The van der Waals surface area contributed by atoms with Crippen LogP contribution >= 0.6 is 0 Å². The van der Waals surface area contributed by atoms with Gasteiger partial charge in [-0.15, -0.1) is 0 Å². The number of carbonyl (C=O) groups is 2. The Labute approximate surface area is 146 Å². The minimum Gasteiger partial charge on any atom is -0.465 e. The smallest absolute Gasteiger partial charge is 0.327 e. The molecule has 8 heteroatoms. The molecule has 1 atom stereocenters. The number of amides is 1. The van der Waals surface area contributed by atoms with Crippen LogP contribution < -0.4 is 5.32 Å². The first-order chi connectivity index (χ1) is 11.9. The van der Waals surface area contributed by atoms with Crippen LogP contribution in [-0.4, -0.2) is 38.0 Å². The van der Waals surface area contributed by atoms with Crippen LogP contribution in [0, 0.1) is 13.8 Å². The lowest BCUT2D eigenvalue weighted by molar-refractivity contribution is -0.144. The summed E-state index contributed by atoms with van der Waals surface area (Å²) in [4.78, 5) is 24.1. The molecule has 1 N–H and O–H groups in total. The van der Waals surface area contributed by atoms with E-state index in [1.807, 2.05) is 31.6 Å². The van der Waals surface area contributed by atoms with Crippen LogP contribution in [0.1, 0.15) is 48.7 Å². The lowest BCUT2D eigenvalue weighted by atomic mass is 9.86. The van der Waals surface area contributed by atoms with E-state index in [0.717, 1.165) is 29.1 Å². The molecular weight excluding hydrogens is 322 g/mol. The fraction of sp³-hybridized carbons (Fsp3) is 0.529. The van der Waals surface area contributed by atoms with E-state index in [2.05, 4.69) is 15.5 Å². The number of hydrogen-bond donors (Lipinski definition) is 1. The minimum absolute atomic E-state index is 0.0236. The van der Waals surface area contributed by atoms with Gasteiger partial charge in [-0.05, 0) is 27.7 Å². The third-order valence-electron chi connectivity index (χ3n) is 4.44. The Morgan fingerprint density at radius 1 is 1.32 bits per heavy atom. The zero-order valence-electron chi connectivity index (χ0n) is 15.0. The second-order valence-corrected chi connectivity index (χ2v) is 6.14. The lowest BCUT2D eigenvalue weighted by Crippen LogP contribution is -2.26. The number of aryl methyl sites for hydroxylation is 3.